The lowest BCUT2D eigenvalue weighted by Gasteiger charge is -2.09. The van der Waals surface area contributed by atoms with Gasteiger partial charge in [-0.05, 0) is 39.1 Å². The maximum atomic E-state index is 3.53. The Bertz CT molecular complexity index is 1370. The van der Waals surface area contributed by atoms with Crippen molar-refractivity contribution in [1.29, 1.82) is 0 Å². The maximum Gasteiger partial charge on any atom is 0.0405 e. The molecule has 5 aromatic carbocycles. The van der Waals surface area contributed by atoms with Crippen molar-refractivity contribution in [2.24, 2.45) is 0 Å². The molecule has 0 aliphatic heterocycles. The van der Waals surface area contributed by atoms with Crippen LogP contribution in [0.25, 0.3) is 33.0 Å². The molecule has 5 aromatic rings. The molecule has 0 N–H and O–H groups in total. The summed E-state index contributed by atoms with van der Waals surface area (Å²) in [5, 5.41) is 2.39. The zero-order valence-corrected chi connectivity index (χ0v) is 16.5. The van der Waals surface area contributed by atoms with Gasteiger partial charge in [0.1, 0.15) is 0 Å². The average Bonchev–Trinajstić information content (AvgIpc) is 2.84. The third-order valence-electron chi connectivity index (χ3n) is 5.35. The summed E-state index contributed by atoms with van der Waals surface area (Å²) in [4.78, 5) is 0. The summed E-state index contributed by atoms with van der Waals surface area (Å²) in [5.74, 6) is 7.01. The van der Waals surface area contributed by atoms with Crippen LogP contribution in [-0.4, -0.2) is 0 Å². The largest absolute Gasteiger partial charge is 0.0622 e. The van der Waals surface area contributed by atoms with Gasteiger partial charge in [0.05, 0.1) is 0 Å². The first-order valence-electron chi connectivity index (χ1n) is 10.1. The van der Waals surface area contributed by atoms with Crippen LogP contribution in [0.5, 0.6) is 0 Å². The van der Waals surface area contributed by atoms with Crippen LogP contribution in [0.1, 0.15) is 11.1 Å². The van der Waals surface area contributed by atoms with E-state index in [1.807, 2.05) is 12.1 Å². The fraction of sp³-hybridized carbons (Fsp3) is 0. The minimum absolute atomic E-state index is 1.04. The second-order valence-electron chi connectivity index (χ2n) is 7.24. The fourth-order valence-corrected chi connectivity index (χ4v) is 3.86. The van der Waals surface area contributed by atoms with Crippen molar-refractivity contribution in [2.75, 3.05) is 0 Å². The molecule has 0 aliphatic carbocycles. The van der Waals surface area contributed by atoms with Crippen LogP contribution in [0.3, 0.4) is 0 Å². The summed E-state index contributed by atoms with van der Waals surface area (Å²) in [5.41, 5.74) is 6.80. The van der Waals surface area contributed by atoms with E-state index < -0.39 is 0 Å². The van der Waals surface area contributed by atoms with Crippen molar-refractivity contribution in [3.63, 3.8) is 0 Å². The summed E-state index contributed by atoms with van der Waals surface area (Å²) < 4.78 is 0. The number of hydrogen-bond acceptors (Lipinski definition) is 0. The average molecular weight is 380 g/mol. The molecule has 0 unspecified atom stereocenters. The van der Waals surface area contributed by atoms with Gasteiger partial charge in [-0.1, -0.05) is 127 Å². The minimum Gasteiger partial charge on any atom is -0.0622 e. The molecule has 0 heterocycles. The van der Waals surface area contributed by atoms with Crippen molar-refractivity contribution in [3.8, 4) is 34.1 Å². The van der Waals surface area contributed by atoms with Crippen LogP contribution >= 0.6 is 0 Å². The van der Waals surface area contributed by atoms with E-state index in [9.17, 15) is 0 Å². The summed E-state index contributed by atoms with van der Waals surface area (Å²) in [6, 6.07) is 42.1. The zero-order chi connectivity index (χ0) is 20.2. The molecular formula is C30H20. The molecule has 5 rings (SSSR count). The van der Waals surface area contributed by atoms with Crippen molar-refractivity contribution >= 4 is 10.8 Å². The van der Waals surface area contributed by atoms with E-state index in [0.717, 1.165) is 16.7 Å². The van der Waals surface area contributed by atoms with Gasteiger partial charge in [-0.25, -0.2) is 0 Å². The van der Waals surface area contributed by atoms with E-state index in [2.05, 4.69) is 121 Å². The molecule has 0 fully saturated rings. The van der Waals surface area contributed by atoms with Crippen molar-refractivity contribution in [3.05, 3.63) is 132 Å². The monoisotopic (exact) mass is 380 g/mol. The van der Waals surface area contributed by atoms with Crippen molar-refractivity contribution < 1.29 is 0 Å². The van der Waals surface area contributed by atoms with Gasteiger partial charge >= 0.3 is 0 Å². The predicted octanol–water partition coefficient (Wildman–Crippen LogP) is 7.57. The van der Waals surface area contributed by atoms with Gasteiger partial charge < -0.3 is 0 Å². The Morgan fingerprint density at radius 2 is 1.00 bits per heavy atom. The topological polar surface area (TPSA) is 0 Å². The summed E-state index contributed by atoms with van der Waals surface area (Å²) in [7, 11) is 0. The van der Waals surface area contributed by atoms with E-state index in [0.29, 0.717) is 0 Å². The molecule has 0 saturated carbocycles. The Morgan fingerprint density at radius 1 is 0.400 bits per heavy atom. The molecule has 140 valence electrons. The summed E-state index contributed by atoms with van der Waals surface area (Å²) in [6.45, 7) is 0. The first-order chi connectivity index (χ1) is 14.9. The van der Waals surface area contributed by atoms with Crippen molar-refractivity contribution in [2.45, 2.75) is 0 Å². The molecule has 0 nitrogen and oxygen atoms in total. The first kappa shape index (κ1) is 18.0. The molecule has 0 amide bonds. The van der Waals surface area contributed by atoms with Gasteiger partial charge in [0.15, 0.2) is 0 Å². The lowest BCUT2D eigenvalue weighted by molar-refractivity contribution is 1.58. The van der Waals surface area contributed by atoms with Gasteiger partial charge in [0.2, 0.25) is 0 Å². The van der Waals surface area contributed by atoms with Crippen LogP contribution in [0.2, 0.25) is 0 Å². The van der Waals surface area contributed by atoms with E-state index in [1.165, 1.54) is 27.5 Å². The lowest BCUT2D eigenvalue weighted by atomic mass is 9.93. The van der Waals surface area contributed by atoms with Crippen LogP contribution in [0, 0.1) is 11.8 Å². The molecule has 0 spiro atoms. The molecule has 30 heavy (non-hydrogen) atoms. The summed E-state index contributed by atoms with van der Waals surface area (Å²) in [6.07, 6.45) is 0. The van der Waals surface area contributed by atoms with Gasteiger partial charge in [-0.2, -0.15) is 0 Å². The van der Waals surface area contributed by atoms with Crippen LogP contribution in [0.4, 0.5) is 0 Å². The predicted molar refractivity (Wildman–Crippen MR) is 127 cm³/mol. The second-order valence-corrected chi connectivity index (χ2v) is 7.24. The Kier molecular flexibility index (Phi) is 4.86. The quantitative estimate of drug-likeness (QED) is 0.277. The molecule has 0 radical (unpaired) electrons. The Hall–Kier alpha value is -4.08. The molecule has 0 bridgehead atoms. The third-order valence-corrected chi connectivity index (χ3v) is 5.35. The highest BCUT2D eigenvalue weighted by Crippen LogP contribution is 2.30. The second kappa shape index (κ2) is 8.11. The van der Waals surface area contributed by atoms with Gasteiger partial charge in [0.25, 0.3) is 0 Å². The zero-order valence-electron chi connectivity index (χ0n) is 16.5. The van der Waals surface area contributed by atoms with Crippen molar-refractivity contribution in [1.82, 2.24) is 0 Å². The Labute approximate surface area is 177 Å². The molecular weight excluding hydrogens is 360 g/mol. The van der Waals surface area contributed by atoms with Crippen LogP contribution in [0.15, 0.2) is 121 Å². The van der Waals surface area contributed by atoms with Crippen LogP contribution in [-0.2, 0) is 0 Å². The summed E-state index contributed by atoms with van der Waals surface area (Å²) >= 11 is 0. The first-order valence-corrected chi connectivity index (χ1v) is 10.1. The highest BCUT2D eigenvalue weighted by Gasteiger charge is 2.08. The van der Waals surface area contributed by atoms with Gasteiger partial charge in [-0.15, -0.1) is 0 Å². The molecule has 0 aromatic heterocycles. The third kappa shape index (κ3) is 3.50. The van der Waals surface area contributed by atoms with E-state index in [-0.39, 0.29) is 0 Å². The van der Waals surface area contributed by atoms with E-state index in [1.54, 1.807) is 0 Å². The standard InChI is InChI=1S/C30H20/c1-3-11-23(12-4-1)27-17-9-7-15-25(27)20-22-30-28-18-10-8-16-26(28)19-21-29(30)24-13-5-2-6-14-24/h1-19,21H. The number of benzene rings is 5. The van der Waals surface area contributed by atoms with E-state index >= 15 is 0 Å². The highest BCUT2D eigenvalue weighted by molar-refractivity contribution is 5.95. The SMILES string of the molecule is C(#Cc1c(-c2ccccc2)ccc2ccccc12)c1ccccc1-c1ccccc1. The molecule has 0 atom stereocenters. The minimum atomic E-state index is 1.04. The number of hydrogen-bond donors (Lipinski definition) is 0. The highest BCUT2D eigenvalue weighted by atomic mass is 14.1. The Morgan fingerprint density at radius 3 is 1.77 bits per heavy atom. The smallest absolute Gasteiger partial charge is 0.0405 e. The Balaban J connectivity index is 1.71. The fourth-order valence-electron chi connectivity index (χ4n) is 3.86. The maximum absolute atomic E-state index is 3.53. The molecule has 0 aliphatic rings. The van der Waals surface area contributed by atoms with E-state index in [4.69, 9.17) is 0 Å². The van der Waals surface area contributed by atoms with Gasteiger partial charge in [-0.3, -0.25) is 0 Å². The van der Waals surface area contributed by atoms with Crippen LogP contribution < -0.4 is 0 Å². The van der Waals surface area contributed by atoms with Gasteiger partial charge in [0, 0.05) is 11.1 Å². The molecule has 0 saturated heterocycles. The lowest BCUT2D eigenvalue weighted by Crippen LogP contribution is -1.88. The number of fused-ring (bicyclic) bond motifs is 1. The normalized spacial score (nSPS) is 10.4. The number of rotatable bonds is 2. The molecule has 0 heteroatoms.